The molecule has 0 amide bonds. The van der Waals surface area contributed by atoms with Gasteiger partial charge in [0.15, 0.2) is 0 Å². The van der Waals surface area contributed by atoms with Gasteiger partial charge in [-0.3, -0.25) is 14.1 Å². The third-order valence-electron chi connectivity index (χ3n) is 5.12. The van der Waals surface area contributed by atoms with E-state index in [1.807, 2.05) is 13.8 Å². The Morgan fingerprint density at radius 3 is 1.74 bits per heavy atom. The zero-order valence-corrected chi connectivity index (χ0v) is 17.6. The fourth-order valence-electron chi connectivity index (χ4n) is 3.43. The van der Waals surface area contributed by atoms with Crippen LogP contribution in [-0.2, 0) is 19.7 Å². The van der Waals surface area contributed by atoms with Crippen molar-refractivity contribution in [2.45, 2.75) is 96.1 Å². The van der Waals surface area contributed by atoms with Crippen LogP contribution in [0.3, 0.4) is 0 Å². The summed E-state index contributed by atoms with van der Waals surface area (Å²) in [6.45, 7) is 5.81. The van der Waals surface area contributed by atoms with E-state index in [1.165, 1.54) is 6.42 Å². The molecule has 0 spiro atoms. The highest BCUT2D eigenvalue weighted by atomic mass is 32.2. The van der Waals surface area contributed by atoms with E-state index >= 15 is 0 Å². The molecule has 0 aromatic carbocycles. The largest absolute Gasteiger partial charge is 0.481 e. The molecule has 8 heteroatoms. The summed E-state index contributed by atoms with van der Waals surface area (Å²) in [5.41, 5.74) is 0. The first-order chi connectivity index (χ1) is 12.5. The van der Waals surface area contributed by atoms with Gasteiger partial charge in [0.2, 0.25) is 4.75 Å². The second-order valence-electron chi connectivity index (χ2n) is 7.76. The highest BCUT2D eigenvalue weighted by molar-refractivity contribution is 7.88. The molecule has 0 aromatic heterocycles. The van der Waals surface area contributed by atoms with E-state index in [1.54, 1.807) is 0 Å². The average Bonchev–Trinajstić information content (AvgIpc) is 2.53. The third kappa shape index (κ3) is 8.17. The number of hydrogen-bond donors (Lipinski definition) is 3. The van der Waals surface area contributed by atoms with Gasteiger partial charge >= 0.3 is 11.9 Å². The predicted molar refractivity (Wildman–Crippen MR) is 104 cm³/mol. The zero-order valence-electron chi connectivity index (χ0n) is 16.8. The van der Waals surface area contributed by atoms with Gasteiger partial charge in [-0.2, -0.15) is 8.42 Å². The molecule has 0 radical (unpaired) electrons. The molecule has 0 saturated carbocycles. The van der Waals surface area contributed by atoms with Gasteiger partial charge in [0.25, 0.3) is 10.1 Å². The summed E-state index contributed by atoms with van der Waals surface area (Å²) in [7, 11) is -5.10. The highest BCUT2D eigenvalue weighted by Gasteiger charge is 2.58. The molecular weight excluding hydrogens is 372 g/mol. The highest BCUT2D eigenvalue weighted by Crippen LogP contribution is 2.37. The Hall–Kier alpha value is -1.15. The Morgan fingerprint density at radius 1 is 0.889 bits per heavy atom. The number of aliphatic carboxylic acids is 2. The fraction of sp³-hybridized carbons (Fsp3) is 0.895. The summed E-state index contributed by atoms with van der Waals surface area (Å²) < 4.78 is 31.1. The molecular formula is C19H36O7S. The predicted octanol–water partition coefficient (Wildman–Crippen LogP) is 4.37. The molecule has 7 nitrogen and oxygen atoms in total. The third-order valence-corrected chi connectivity index (χ3v) is 6.70. The Kier molecular flexibility index (Phi) is 11.8. The normalized spacial score (nSPS) is 15.4. The monoisotopic (exact) mass is 408 g/mol. The average molecular weight is 409 g/mol. The summed E-state index contributed by atoms with van der Waals surface area (Å²) in [4.78, 5) is 23.6. The van der Waals surface area contributed by atoms with Crippen molar-refractivity contribution in [2.75, 3.05) is 0 Å². The quantitative estimate of drug-likeness (QED) is 0.255. The Bertz CT molecular complexity index is 556. The lowest BCUT2D eigenvalue weighted by molar-refractivity contribution is -0.152. The first-order valence-corrected chi connectivity index (χ1v) is 11.4. The molecule has 0 aliphatic heterocycles. The van der Waals surface area contributed by atoms with Gasteiger partial charge in [0, 0.05) is 0 Å². The maximum Gasteiger partial charge on any atom is 0.328 e. The minimum atomic E-state index is -5.10. The molecule has 0 fully saturated rings. The number of carbonyl (C=O) groups is 2. The van der Waals surface area contributed by atoms with Crippen molar-refractivity contribution in [1.29, 1.82) is 0 Å². The SMILES string of the molecule is CCCCCCCCCCC(C(=O)O)(C(CCC(C)C)C(=O)O)S(=O)(=O)O. The van der Waals surface area contributed by atoms with Gasteiger partial charge in [0.05, 0.1) is 5.92 Å². The van der Waals surface area contributed by atoms with Crippen molar-refractivity contribution < 1.29 is 32.8 Å². The van der Waals surface area contributed by atoms with Gasteiger partial charge in [-0.1, -0.05) is 78.6 Å². The first-order valence-electron chi connectivity index (χ1n) is 9.93. The van der Waals surface area contributed by atoms with Crippen molar-refractivity contribution in [3.63, 3.8) is 0 Å². The molecule has 3 N–H and O–H groups in total. The Balaban J connectivity index is 5.21. The van der Waals surface area contributed by atoms with Crippen LogP contribution in [-0.4, -0.2) is 39.9 Å². The van der Waals surface area contributed by atoms with E-state index in [-0.39, 0.29) is 18.8 Å². The van der Waals surface area contributed by atoms with Crippen molar-refractivity contribution in [3.05, 3.63) is 0 Å². The molecule has 0 aliphatic rings. The van der Waals surface area contributed by atoms with Crippen molar-refractivity contribution in [1.82, 2.24) is 0 Å². The van der Waals surface area contributed by atoms with Crippen LogP contribution in [0.25, 0.3) is 0 Å². The van der Waals surface area contributed by atoms with Crippen LogP contribution < -0.4 is 0 Å². The van der Waals surface area contributed by atoms with Gasteiger partial charge in [-0.25, -0.2) is 0 Å². The molecule has 0 rings (SSSR count). The summed E-state index contributed by atoms with van der Waals surface area (Å²) in [6, 6.07) is 0. The van der Waals surface area contributed by atoms with E-state index in [9.17, 15) is 32.8 Å². The van der Waals surface area contributed by atoms with E-state index in [0.717, 1.165) is 32.1 Å². The van der Waals surface area contributed by atoms with Gasteiger partial charge in [-0.05, 0) is 18.8 Å². The maximum absolute atomic E-state index is 12.0. The number of unbranched alkanes of at least 4 members (excludes halogenated alkanes) is 7. The van der Waals surface area contributed by atoms with Crippen LogP contribution >= 0.6 is 0 Å². The molecule has 160 valence electrons. The van der Waals surface area contributed by atoms with Gasteiger partial charge in [-0.15, -0.1) is 0 Å². The molecule has 0 saturated heterocycles. The van der Waals surface area contributed by atoms with Crippen LogP contribution in [0.15, 0.2) is 0 Å². The smallest absolute Gasteiger partial charge is 0.328 e. The number of carboxylic acid groups (broad SMARTS) is 2. The molecule has 0 aromatic rings. The summed E-state index contributed by atoms with van der Waals surface area (Å²) >= 11 is 0. The van der Waals surface area contributed by atoms with Crippen LogP contribution in [0.5, 0.6) is 0 Å². The summed E-state index contributed by atoms with van der Waals surface area (Å²) in [6.07, 6.45) is 7.01. The molecule has 0 heterocycles. The number of rotatable bonds is 16. The van der Waals surface area contributed by atoms with Crippen molar-refractivity contribution >= 4 is 22.1 Å². The van der Waals surface area contributed by atoms with Crippen LogP contribution in [0.1, 0.15) is 91.4 Å². The molecule has 0 bridgehead atoms. The lowest BCUT2D eigenvalue weighted by Gasteiger charge is -2.32. The Labute approximate surface area is 163 Å². The lowest BCUT2D eigenvalue weighted by Crippen LogP contribution is -2.55. The standard InChI is InChI=1S/C19H36O7S/c1-4-5-6-7-8-9-10-11-14-19(18(22)23,27(24,25)26)16(17(20)21)13-12-15(2)3/h15-16H,4-14H2,1-3H3,(H,20,21)(H,22,23)(H,24,25,26). The van der Waals surface area contributed by atoms with E-state index in [4.69, 9.17) is 0 Å². The first kappa shape index (κ1) is 25.9. The van der Waals surface area contributed by atoms with Crippen molar-refractivity contribution in [3.8, 4) is 0 Å². The maximum atomic E-state index is 12.0. The fourth-order valence-corrected chi connectivity index (χ4v) is 4.63. The van der Waals surface area contributed by atoms with Gasteiger partial charge < -0.3 is 10.2 Å². The molecule has 27 heavy (non-hydrogen) atoms. The van der Waals surface area contributed by atoms with E-state index in [2.05, 4.69) is 6.92 Å². The van der Waals surface area contributed by atoms with Gasteiger partial charge in [0.1, 0.15) is 0 Å². The minimum absolute atomic E-state index is 0.0860. The number of carboxylic acids is 2. The van der Waals surface area contributed by atoms with Crippen LogP contribution in [0.2, 0.25) is 0 Å². The second kappa shape index (κ2) is 12.3. The molecule has 2 atom stereocenters. The topological polar surface area (TPSA) is 129 Å². The minimum Gasteiger partial charge on any atom is -0.481 e. The van der Waals surface area contributed by atoms with E-state index < -0.39 is 39.1 Å². The molecule has 0 aliphatic carbocycles. The Morgan fingerprint density at radius 2 is 1.37 bits per heavy atom. The van der Waals surface area contributed by atoms with Crippen LogP contribution in [0.4, 0.5) is 0 Å². The van der Waals surface area contributed by atoms with Crippen LogP contribution in [0, 0.1) is 11.8 Å². The molecule has 2 unspecified atom stereocenters. The number of hydrogen-bond acceptors (Lipinski definition) is 4. The zero-order chi connectivity index (χ0) is 21.1. The van der Waals surface area contributed by atoms with Crippen molar-refractivity contribution in [2.24, 2.45) is 11.8 Å². The summed E-state index contributed by atoms with van der Waals surface area (Å²) in [5, 5.41) is 19.2. The lowest BCUT2D eigenvalue weighted by atomic mass is 9.82. The summed E-state index contributed by atoms with van der Waals surface area (Å²) in [5.74, 6) is -4.89. The van der Waals surface area contributed by atoms with E-state index in [0.29, 0.717) is 12.8 Å². The second-order valence-corrected chi connectivity index (χ2v) is 9.44.